The molecular formula is C16H11N3OS2. The number of hydrogen-bond acceptors (Lipinski definition) is 5. The maximum absolute atomic E-state index is 12.6. The highest BCUT2D eigenvalue weighted by molar-refractivity contribution is 7.20. The number of rotatable bonds is 2. The van der Waals surface area contributed by atoms with Crippen LogP contribution in [0.15, 0.2) is 46.7 Å². The molecule has 4 nitrogen and oxygen atoms in total. The van der Waals surface area contributed by atoms with Gasteiger partial charge in [-0.2, -0.15) is 0 Å². The summed E-state index contributed by atoms with van der Waals surface area (Å²) in [5, 5.41) is 2.69. The van der Waals surface area contributed by atoms with Crippen LogP contribution >= 0.6 is 22.7 Å². The van der Waals surface area contributed by atoms with Crippen molar-refractivity contribution in [3.05, 3.63) is 57.1 Å². The van der Waals surface area contributed by atoms with Crippen molar-refractivity contribution >= 4 is 32.9 Å². The lowest BCUT2D eigenvalue weighted by atomic mass is 10.1. The normalized spacial score (nSPS) is 11.1. The smallest absolute Gasteiger partial charge is 0.260 e. The van der Waals surface area contributed by atoms with Crippen molar-refractivity contribution in [1.82, 2.24) is 15.0 Å². The van der Waals surface area contributed by atoms with E-state index in [0.717, 1.165) is 20.1 Å². The molecule has 0 aliphatic rings. The van der Waals surface area contributed by atoms with Crippen LogP contribution in [-0.2, 0) is 0 Å². The Morgan fingerprint density at radius 3 is 2.82 bits per heavy atom. The van der Waals surface area contributed by atoms with E-state index in [4.69, 9.17) is 0 Å². The molecule has 0 saturated heterocycles. The van der Waals surface area contributed by atoms with Gasteiger partial charge in [0.05, 0.1) is 5.39 Å². The zero-order valence-electron chi connectivity index (χ0n) is 11.7. The second-order valence-corrected chi connectivity index (χ2v) is 6.97. The van der Waals surface area contributed by atoms with Crippen LogP contribution in [0.2, 0.25) is 0 Å². The van der Waals surface area contributed by atoms with Crippen molar-refractivity contribution in [3.8, 4) is 22.0 Å². The van der Waals surface area contributed by atoms with Gasteiger partial charge in [0.15, 0.2) is 5.82 Å². The van der Waals surface area contributed by atoms with Gasteiger partial charge in [0.2, 0.25) is 0 Å². The molecule has 0 spiro atoms. The van der Waals surface area contributed by atoms with Gasteiger partial charge in [-0.1, -0.05) is 12.1 Å². The molecule has 0 saturated carbocycles. The maximum Gasteiger partial charge on any atom is 0.260 e. The van der Waals surface area contributed by atoms with Gasteiger partial charge < -0.3 is 4.98 Å². The molecule has 1 N–H and O–H groups in total. The van der Waals surface area contributed by atoms with E-state index >= 15 is 0 Å². The molecule has 4 rings (SSSR count). The van der Waals surface area contributed by atoms with Gasteiger partial charge in [-0.3, -0.25) is 9.78 Å². The number of fused-ring (bicyclic) bond motifs is 1. The monoisotopic (exact) mass is 325 g/mol. The third-order valence-corrected chi connectivity index (χ3v) is 5.30. The standard InChI is InChI=1S/C16H11N3OS2/c1-9-12(11-6-4-8-21-11)13-15(20)18-14(19-16(13)22-9)10-5-2-3-7-17-10/h2-8H,1H3,(H,18,19,20). The van der Waals surface area contributed by atoms with Crippen LogP contribution in [0.25, 0.3) is 32.2 Å². The van der Waals surface area contributed by atoms with Crippen molar-refractivity contribution < 1.29 is 0 Å². The Balaban J connectivity index is 2.01. The van der Waals surface area contributed by atoms with E-state index in [1.165, 1.54) is 0 Å². The minimum absolute atomic E-state index is 0.113. The van der Waals surface area contributed by atoms with Crippen LogP contribution in [-0.4, -0.2) is 15.0 Å². The first kappa shape index (κ1) is 13.4. The summed E-state index contributed by atoms with van der Waals surface area (Å²) < 4.78 is 0. The SMILES string of the molecule is Cc1sc2nc(-c3ccccn3)[nH]c(=O)c2c1-c1cccs1. The Labute approximate surface area is 134 Å². The molecule has 0 atom stereocenters. The van der Waals surface area contributed by atoms with Crippen molar-refractivity contribution in [2.24, 2.45) is 0 Å². The fourth-order valence-corrected chi connectivity index (χ4v) is 4.40. The number of aromatic nitrogens is 3. The molecule has 4 heterocycles. The molecule has 108 valence electrons. The molecule has 0 unspecified atom stereocenters. The molecule has 0 bridgehead atoms. The molecule has 4 aromatic heterocycles. The number of nitrogens with one attached hydrogen (secondary N) is 1. The van der Waals surface area contributed by atoms with E-state index in [2.05, 4.69) is 15.0 Å². The Morgan fingerprint density at radius 1 is 1.18 bits per heavy atom. The number of nitrogens with zero attached hydrogens (tertiary/aromatic N) is 2. The van der Waals surface area contributed by atoms with E-state index in [-0.39, 0.29) is 5.56 Å². The number of aromatic amines is 1. The molecule has 0 amide bonds. The second kappa shape index (κ2) is 5.15. The minimum Gasteiger partial charge on any atom is -0.305 e. The fraction of sp³-hybridized carbons (Fsp3) is 0.0625. The predicted octanol–water partition coefficient (Wildman–Crippen LogP) is 4.08. The maximum atomic E-state index is 12.6. The molecule has 4 aromatic rings. The lowest BCUT2D eigenvalue weighted by Crippen LogP contribution is -2.09. The van der Waals surface area contributed by atoms with Crippen molar-refractivity contribution in [2.75, 3.05) is 0 Å². The second-order valence-electron chi connectivity index (χ2n) is 4.82. The average molecular weight is 325 g/mol. The summed E-state index contributed by atoms with van der Waals surface area (Å²) in [6.45, 7) is 2.03. The van der Waals surface area contributed by atoms with Crippen LogP contribution in [0.3, 0.4) is 0 Å². The number of thiophene rings is 2. The van der Waals surface area contributed by atoms with Gasteiger partial charge in [-0.15, -0.1) is 22.7 Å². The van der Waals surface area contributed by atoms with Gasteiger partial charge in [0.25, 0.3) is 5.56 Å². The molecule has 22 heavy (non-hydrogen) atoms. The number of aryl methyl sites for hydroxylation is 1. The number of hydrogen-bond donors (Lipinski definition) is 1. The third kappa shape index (κ3) is 2.08. The summed E-state index contributed by atoms with van der Waals surface area (Å²) in [5.41, 5.74) is 1.56. The first-order chi connectivity index (χ1) is 10.7. The predicted molar refractivity (Wildman–Crippen MR) is 91.5 cm³/mol. The van der Waals surface area contributed by atoms with Crippen molar-refractivity contribution in [2.45, 2.75) is 6.92 Å². The highest BCUT2D eigenvalue weighted by Crippen LogP contribution is 2.38. The van der Waals surface area contributed by atoms with Gasteiger partial charge in [-0.05, 0) is 30.5 Å². The topological polar surface area (TPSA) is 58.6 Å². The lowest BCUT2D eigenvalue weighted by Gasteiger charge is -2.00. The van der Waals surface area contributed by atoms with E-state index in [1.807, 2.05) is 42.6 Å². The lowest BCUT2D eigenvalue weighted by molar-refractivity contribution is 1.15. The third-order valence-electron chi connectivity index (χ3n) is 3.41. The zero-order chi connectivity index (χ0) is 15.1. The molecule has 0 aliphatic heterocycles. The van der Waals surface area contributed by atoms with E-state index in [1.54, 1.807) is 28.9 Å². The highest BCUT2D eigenvalue weighted by atomic mass is 32.1. The largest absolute Gasteiger partial charge is 0.305 e. The van der Waals surface area contributed by atoms with E-state index in [0.29, 0.717) is 16.9 Å². The Morgan fingerprint density at radius 2 is 2.09 bits per heavy atom. The quantitative estimate of drug-likeness (QED) is 0.604. The molecule has 0 radical (unpaired) electrons. The number of H-pyrrole nitrogens is 1. The molecule has 0 fully saturated rings. The number of pyridine rings is 1. The Hall–Kier alpha value is -2.31. The molecule has 0 aromatic carbocycles. The van der Waals surface area contributed by atoms with Crippen LogP contribution < -0.4 is 5.56 Å². The van der Waals surface area contributed by atoms with E-state index in [9.17, 15) is 4.79 Å². The minimum atomic E-state index is -0.113. The molecule has 6 heteroatoms. The Bertz CT molecular complexity index is 1000. The van der Waals surface area contributed by atoms with Gasteiger partial charge in [0.1, 0.15) is 10.5 Å². The first-order valence-corrected chi connectivity index (χ1v) is 8.42. The summed E-state index contributed by atoms with van der Waals surface area (Å²) in [6.07, 6.45) is 1.69. The highest BCUT2D eigenvalue weighted by Gasteiger charge is 2.17. The summed E-state index contributed by atoms with van der Waals surface area (Å²) in [5.74, 6) is 0.511. The molecular weight excluding hydrogens is 314 g/mol. The first-order valence-electron chi connectivity index (χ1n) is 6.73. The summed E-state index contributed by atoms with van der Waals surface area (Å²) >= 11 is 3.18. The van der Waals surface area contributed by atoms with Crippen LogP contribution in [0.4, 0.5) is 0 Å². The van der Waals surface area contributed by atoms with Crippen molar-refractivity contribution in [3.63, 3.8) is 0 Å². The summed E-state index contributed by atoms with van der Waals surface area (Å²) in [6, 6.07) is 9.58. The summed E-state index contributed by atoms with van der Waals surface area (Å²) in [4.78, 5) is 27.3. The van der Waals surface area contributed by atoms with Crippen LogP contribution in [0.5, 0.6) is 0 Å². The zero-order valence-corrected chi connectivity index (χ0v) is 13.3. The van der Waals surface area contributed by atoms with Gasteiger partial charge in [-0.25, -0.2) is 4.98 Å². The van der Waals surface area contributed by atoms with Crippen LogP contribution in [0.1, 0.15) is 4.88 Å². The Kier molecular flexibility index (Phi) is 3.13. The molecule has 0 aliphatic carbocycles. The summed E-state index contributed by atoms with van der Waals surface area (Å²) in [7, 11) is 0. The van der Waals surface area contributed by atoms with E-state index < -0.39 is 0 Å². The van der Waals surface area contributed by atoms with Gasteiger partial charge in [0, 0.05) is 21.5 Å². The van der Waals surface area contributed by atoms with Crippen molar-refractivity contribution in [1.29, 1.82) is 0 Å². The fourth-order valence-electron chi connectivity index (χ4n) is 2.46. The van der Waals surface area contributed by atoms with Gasteiger partial charge >= 0.3 is 0 Å². The van der Waals surface area contributed by atoms with Crippen LogP contribution in [0, 0.1) is 6.92 Å². The average Bonchev–Trinajstić information content (AvgIpc) is 3.14.